The minimum absolute atomic E-state index is 0.323. The Morgan fingerprint density at radius 2 is 1.86 bits per heavy atom. The van der Waals surface area contributed by atoms with E-state index in [0.717, 1.165) is 36.8 Å². The zero-order valence-corrected chi connectivity index (χ0v) is 14.5. The van der Waals surface area contributed by atoms with Crippen LogP contribution in [0.15, 0.2) is 23.1 Å². The van der Waals surface area contributed by atoms with Gasteiger partial charge in [-0.3, -0.25) is 0 Å². The van der Waals surface area contributed by atoms with Gasteiger partial charge >= 0.3 is 0 Å². The van der Waals surface area contributed by atoms with Crippen LogP contribution in [-0.2, 0) is 10.0 Å². The average molecular weight is 330 g/mol. The molecule has 0 aliphatic heterocycles. The summed E-state index contributed by atoms with van der Waals surface area (Å²) >= 11 is 6.11. The highest BCUT2D eigenvalue weighted by Crippen LogP contribution is 2.34. The van der Waals surface area contributed by atoms with Gasteiger partial charge < -0.3 is 0 Å². The number of alkyl halides is 1. The van der Waals surface area contributed by atoms with Gasteiger partial charge in [0.05, 0.1) is 4.90 Å². The Labute approximate surface area is 133 Å². The predicted octanol–water partition coefficient (Wildman–Crippen LogP) is 3.77. The molecule has 0 aromatic heterocycles. The summed E-state index contributed by atoms with van der Waals surface area (Å²) in [6.45, 7) is 6.10. The van der Waals surface area contributed by atoms with Crippen molar-refractivity contribution in [1.29, 1.82) is 0 Å². The summed E-state index contributed by atoms with van der Waals surface area (Å²) < 4.78 is 28.2. The lowest BCUT2D eigenvalue weighted by Crippen LogP contribution is -2.51. The molecule has 118 valence electrons. The number of hydrogen-bond acceptors (Lipinski definition) is 2. The van der Waals surface area contributed by atoms with Crippen LogP contribution in [0.3, 0.4) is 0 Å². The van der Waals surface area contributed by atoms with Crippen molar-refractivity contribution in [1.82, 2.24) is 4.72 Å². The summed E-state index contributed by atoms with van der Waals surface area (Å²) in [5.74, 6) is 0.969. The molecule has 1 fully saturated rings. The molecule has 0 unspecified atom stereocenters. The van der Waals surface area contributed by atoms with E-state index < -0.39 is 15.6 Å². The highest BCUT2D eigenvalue weighted by molar-refractivity contribution is 7.89. The molecule has 1 aliphatic carbocycles. The number of aryl methyl sites for hydroxylation is 2. The maximum atomic E-state index is 12.6. The first kappa shape index (κ1) is 16.8. The summed E-state index contributed by atoms with van der Waals surface area (Å²) in [7, 11) is -3.52. The monoisotopic (exact) mass is 329 g/mol. The first-order chi connectivity index (χ1) is 9.78. The third kappa shape index (κ3) is 3.79. The molecule has 0 bridgehead atoms. The molecule has 1 saturated carbocycles. The summed E-state index contributed by atoms with van der Waals surface area (Å²) in [6.07, 6.45) is 3.65. The molecule has 2 rings (SSSR count). The molecule has 0 amide bonds. The number of sulfonamides is 1. The van der Waals surface area contributed by atoms with E-state index >= 15 is 0 Å². The molecule has 0 saturated heterocycles. The zero-order chi connectivity index (χ0) is 15.7. The molecule has 1 N–H and O–H groups in total. The number of nitrogens with one attached hydrogen (secondary N) is 1. The Morgan fingerprint density at radius 3 is 2.38 bits per heavy atom. The SMILES string of the molecule is Cc1ccc(S(=O)(=O)NC2(CCl)CCC(C)CC2)cc1C. The van der Waals surface area contributed by atoms with Crippen molar-refractivity contribution < 1.29 is 8.42 Å². The fourth-order valence-corrected chi connectivity index (χ4v) is 4.76. The zero-order valence-electron chi connectivity index (χ0n) is 12.9. The third-order valence-electron chi connectivity index (χ3n) is 4.63. The van der Waals surface area contributed by atoms with Gasteiger partial charge in [0.15, 0.2) is 0 Å². The van der Waals surface area contributed by atoms with Crippen molar-refractivity contribution in [3.63, 3.8) is 0 Å². The largest absolute Gasteiger partial charge is 0.241 e. The molecule has 5 heteroatoms. The van der Waals surface area contributed by atoms with E-state index in [9.17, 15) is 8.42 Å². The third-order valence-corrected chi connectivity index (χ3v) is 6.71. The molecule has 0 spiro atoms. The minimum Gasteiger partial charge on any atom is -0.207 e. The molecule has 0 atom stereocenters. The molecule has 1 aromatic rings. The van der Waals surface area contributed by atoms with Crippen LogP contribution in [0, 0.1) is 19.8 Å². The van der Waals surface area contributed by atoms with Gasteiger partial charge in [-0.2, -0.15) is 0 Å². The van der Waals surface area contributed by atoms with Crippen LogP contribution >= 0.6 is 11.6 Å². The van der Waals surface area contributed by atoms with Crippen LogP contribution < -0.4 is 4.72 Å². The molecule has 21 heavy (non-hydrogen) atoms. The lowest BCUT2D eigenvalue weighted by Gasteiger charge is -2.38. The van der Waals surface area contributed by atoms with Gasteiger partial charge in [-0.05, 0) is 68.7 Å². The summed E-state index contributed by atoms with van der Waals surface area (Å²) in [5, 5.41) is 0. The van der Waals surface area contributed by atoms with Crippen LogP contribution in [-0.4, -0.2) is 19.8 Å². The highest BCUT2D eigenvalue weighted by atomic mass is 35.5. The second kappa shape index (κ2) is 6.27. The maximum Gasteiger partial charge on any atom is 0.241 e. The van der Waals surface area contributed by atoms with E-state index in [1.807, 2.05) is 19.9 Å². The number of hydrogen-bond donors (Lipinski definition) is 1. The summed E-state index contributed by atoms with van der Waals surface area (Å²) in [6, 6.07) is 5.24. The number of halogens is 1. The van der Waals surface area contributed by atoms with Crippen LogP contribution in [0.25, 0.3) is 0 Å². The Bertz CT molecular complexity index is 605. The lowest BCUT2D eigenvalue weighted by molar-refractivity contribution is 0.247. The number of benzene rings is 1. The topological polar surface area (TPSA) is 46.2 Å². The van der Waals surface area contributed by atoms with Gasteiger partial charge in [0.25, 0.3) is 0 Å². The molecular weight excluding hydrogens is 306 g/mol. The van der Waals surface area contributed by atoms with Gasteiger partial charge in [-0.15, -0.1) is 11.6 Å². The van der Waals surface area contributed by atoms with Crippen molar-refractivity contribution in [3.8, 4) is 0 Å². The Kier molecular flexibility index (Phi) is 5.01. The Morgan fingerprint density at radius 1 is 1.24 bits per heavy atom. The van der Waals surface area contributed by atoms with Crippen LogP contribution in [0.1, 0.15) is 43.7 Å². The first-order valence-electron chi connectivity index (χ1n) is 7.45. The van der Waals surface area contributed by atoms with Crippen LogP contribution in [0.4, 0.5) is 0 Å². The van der Waals surface area contributed by atoms with Gasteiger partial charge in [0.1, 0.15) is 0 Å². The van der Waals surface area contributed by atoms with Crippen molar-refractivity contribution >= 4 is 21.6 Å². The van der Waals surface area contributed by atoms with E-state index in [1.54, 1.807) is 12.1 Å². The van der Waals surface area contributed by atoms with E-state index in [-0.39, 0.29) is 0 Å². The van der Waals surface area contributed by atoms with Crippen LogP contribution in [0.2, 0.25) is 0 Å². The van der Waals surface area contributed by atoms with E-state index in [0.29, 0.717) is 16.7 Å². The van der Waals surface area contributed by atoms with Gasteiger partial charge in [0.2, 0.25) is 10.0 Å². The first-order valence-corrected chi connectivity index (χ1v) is 9.47. The van der Waals surface area contributed by atoms with Crippen molar-refractivity contribution in [2.45, 2.75) is 56.9 Å². The van der Waals surface area contributed by atoms with Gasteiger partial charge in [-0.25, -0.2) is 13.1 Å². The molecule has 1 aromatic carbocycles. The smallest absolute Gasteiger partial charge is 0.207 e. The summed E-state index contributed by atoms with van der Waals surface area (Å²) in [5.41, 5.74) is 1.58. The molecule has 1 aliphatic rings. The molecule has 0 radical (unpaired) electrons. The Balaban J connectivity index is 2.25. The second-order valence-electron chi connectivity index (χ2n) is 6.45. The average Bonchev–Trinajstić information content (AvgIpc) is 2.44. The van der Waals surface area contributed by atoms with E-state index in [1.165, 1.54) is 0 Å². The van der Waals surface area contributed by atoms with E-state index in [4.69, 9.17) is 11.6 Å². The second-order valence-corrected chi connectivity index (χ2v) is 8.40. The number of rotatable bonds is 4. The lowest BCUT2D eigenvalue weighted by atomic mass is 9.79. The van der Waals surface area contributed by atoms with E-state index in [2.05, 4.69) is 11.6 Å². The van der Waals surface area contributed by atoms with Crippen LogP contribution in [0.5, 0.6) is 0 Å². The normalized spacial score (nSPS) is 26.8. The van der Waals surface area contributed by atoms with Gasteiger partial charge in [0, 0.05) is 11.4 Å². The maximum absolute atomic E-state index is 12.6. The molecular formula is C16H24ClNO2S. The highest BCUT2D eigenvalue weighted by Gasteiger charge is 2.37. The Hall–Kier alpha value is -0.580. The van der Waals surface area contributed by atoms with Crippen molar-refractivity contribution in [2.75, 3.05) is 5.88 Å². The fraction of sp³-hybridized carbons (Fsp3) is 0.625. The summed E-state index contributed by atoms with van der Waals surface area (Å²) in [4.78, 5) is 0.328. The standard InChI is InChI=1S/C16H24ClNO2S/c1-12-6-8-16(11-17,9-7-12)18-21(19,20)15-5-4-13(2)14(3)10-15/h4-5,10,12,18H,6-9,11H2,1-3H3. The van der Waals surface area contributed by atoms with Gasteiger partial charge in [-0.1, -0.05) is 13.0 Å². The molecule has 3 nitrogen and oxygen atoms in total. The quantitative estimate of drug-likeness (QED) is 0.855. The fourth-order valence-electron chi connectivity index (χ4n) is 2.80. The van der Waals surface area contributed by atoms with Crippen molar-refractivity contribution in [2.24, 2.45) is 5.92 Å². The minimum atomic E-state index is -3.52. The predicted molar refractivity (Wildman–Crippen MR) is 87.3 cm³/mol. The molecule has 0 heterocycles. The van der Waals surface area contributed by atoms with Crippen molar-refractivity contribution in [3.05, 3.63) is 29.3 Å².